The van der Waals surface area contributed by atoms with Gasteiger partial charge in [-0.25, -0.2) is 0 Å². The first-order valence-corrected chi connectivity index (χ1v) is 7.21. The van der Waals surface area contributed by atoms with E-state index in [-0.39, 0.29) is 5.92 Å². The summed E-state index contributed by atoms with van der Waals surface area (Å²) >= 11 is 0. The molecule has 0 heterocycles. The van der Waals surface area contributed by atoms with Gasteiger partial charge in [0.1, 0.15) is 11.5 Å². The second-order valence-electron chi connectivity index (χ2n) is 5.58. The van der Waals surface area contributed by atoms with Gasteiger partial charge in [0.05, 0.1) is 19.6 Å². The Balaban J connectivity index is 1.76. The van der Waals surface area contributed by atoms with Crippen LogP contribution < -0.4 is 9.47 Å². The van der Waals surface area contributed by atoms with Crippen LogP contribution in [0.2, 0.25) is 0 Å². The second kappa shape index (κ2) is 5.72. The summed E-state index contributed by atoms with van der Waals surface area (Å²) in [6, 6.07) is 17.0. The minimum Gasteiger partial charge on any atom is -0.497 e. The predicted octanol–water partition coefficient (Wildman–Crippen LogP) is 3.12. The number of methoxy groups -OCH3 is 1. The van der Waals surface area contributed by atoms with E-state index in [1.165, 1.54) is 0 Å². The van der Waals surface area contributed by atoms with E-state index in [2.05, 4.69) is 0 Å². The zero-order chi connectivity index (χ0) is 15.6. The molecular weight excluding hydrogens is 280 g/mol. The Morgan fingerprint density at radius 1 is 1.14 bits per heavy atom. The Hall–Kier alpha value is -2.49. The molecule has 1 aliphatic rings. The first-order chi connectivity index (χ1) is 10.7. The highest BCUT2D eigenvalue weighted by Crippen LogP contribution is 2.54. The number of ether oxygens (including phenoxy) is 2. The molecule has 2 aromatic carbocycles. The summed E-state index contributed by atoms with van der Waals surface area (Å²) in [5, 5.41) is 9.34. The molecule has 0 radical (unpaired) electrons. The monoisotopic (exact) mass is 298 g/mol. The summed E-state index contributed by atoms with van der Waals surface area (Å²) in [5.41, 5.74) is 0.600. The molecule has 1 N–H and O–H groups in total. The number of aliphatic carboxylic acids is 1. The van der Waals surface area contributed by atoms with Crippen LogP contribution in [0.4, 0.5) is 0 Å². The molecule has 4 heteroatoms. The third-order valence-corrected chi connectivity index (χ3v) is 4.28. The molecule has 2 aromatic rings. The van der Waals surface area contributed by atoms with Crippen molar-refractivity contribution in [2.24, 2.45) is 5.92 Å². The maximum absolute atomic E-state index is 11.4. The molecule has 0 aliphatic heterocycles. The van der Waals surface area contributed by atoms with E-state index in [0.29, 0.717) is 18.8 Å². The summed E-state index contributed by atoms with van der Waals surface area (Å²) in [5.74, 6) is 0.336. The van der Waals surface area contributed by atoms with Crippen molar-refractivity contribution < 1.29 is 19.4 Å². The molecular formula is C18H18O4. The summed E-state index contributed by atoms with van der Waals surface area (Å²) in [6.07, 6.45) is 0.614. The number of hydrogen-bond acceptors (Lipinski definition) is 3. The van der Waals surface area contributed by atoms with Gasteiger partial charge >= 0.3 is 5.97 Å². The van der Waals surface area contributed by atoms with Crippen molar-refractivity contribution in [1.82, 2.24) is 0 Å². The molecule has 0 aromatic heterocycles. The van der Waals surface area contributed by atoms with Crippen LogP contribution in [0.5, 0.6) is 11.5 Å². The van der Waals surface area contributed by atoms with Gasteiger partial charge < -0.3 is 14.6 Å². The number of carbonyl (C=O) groups is 1. The predicted molar refractivity (Wildman–Crippen MR) is 82.4 cm³/mol. The first kappa shape index (κ1) is 14.4. The topological polar surface area (TPSA) is 55.8 Å². The Labute approximate surface area is 129 Å². The lowest BCUT2D eigenvalue weighted by atomic mass is 9.94. The van der Waals surface area contributed by atoms with Crippen LogP contribution in [0.3, 0.4) is 0 Å². The van der Waals surface area contributed by atoms with Crippen LogP contribution in [-0.2, 0) is 10.2 Å². The Morgan fingerprint density at radius 3 is 2.32 bits per heavy atom. The number of benzene rings is 2. The molecule has 1 saturated carbocycles. The van der Waals surface area contributed by atoms with Crippen molar-refractivity contribution in [3.63, 3.8) is 0 Å². The highest BCUT2D eigenvalue weighted by Gasteiger charge is 2.60. The number of hydrogen-bond donors (Lipinski definition) is 1. The van der Waals surface area contributed by atoms with Crippen LogP contribution in [0, 0.1) is 5.92 Å². The average molecular weight is 298 g/mol. The molecule has 4 nitrogen and oxygen atoms in total. The highest BCUT2D eigenvalue weighted by molar-refractivity contribution is 5.77. The molecule has 0 saturated heterocycles. The fourth-order valence-corrected chi connectivity index (χ4v) is 2.85. The fourth-order valence-electron chi connectivity index (χ4n) is 2.85. The molecule has 0 amide bonds. The summed E-state index contributed by atoms with van der Waals surface area (Å²) in [6.45, 7) is 0.361. The Morgan fingerprint density at radius 2 is 1.77 bits per heavy atom. The van der Waals surface area contributed by atoms with Crippen molar-refractivity contribution in [3.8, 4) is 11.5 Å². The van der Waals surface area contributed by atoms with Gasteiger partial charge in [-0.2, -0.15) is 0 Å². The lowest BCUT2D eigenvalue weighted by Crippen LogP contribution is -2.23. The van der Waals surface area contributed by atoms with Crippen molar-refractivity contribution in [1.29, 1.82) is 0 Å². The molecule has 1 aliphatic carbocycles. The van der Waals surface area contributed by atoms with Gasteiger partial charge in [0.2, 0.25) is 0 Å². The molecule has 3 rings (SSSR count). The van der Waals surface area contributed by atoms with E-state index in [1.807, 2.05) is 54.6 Å². The molecule has 2 atom stereocenters. The van der Waals surface area contributed by atoms with E-state index in [0.717, 1.165) is 11.3 Å². The maximum atomic E-state index is 11.4. The van der Waals surface area contributed by atoms with Gasteiger partial charge in [-0.3, -0.25) is 4.79 Å². The van der Waals surface area contributed by atoms with Gasteiger partial charge in [0, 0.05) is 5.41 Å². The quantitative estimate of drug-likeness (QED) is 0.890. The van der Waals surface area contributed by atoms with Crippen LogP contribution >= 0.6 is 0 Å². The third kappa shape index (κ3) is 2.64. The van der Waals surface area contributed by atoms with Crippen molar-refractivity contribution in [2.75, 3.05) is 13.7 Å². The molecule has 2 unspecified atom stereocenters. The summed E-state index contributed by atoms with van der Waals surface area (Å²) < 4.78 is 11.0. The van der Waals surface area contributed by atoms with Gasteiger partial charge in [0.15, 0.2) is 0 Å². The molecule has 1 fully saturated rings. The number of carboxylic acid groups (broad SMARTS) is 1. The largest absolute Gasteiger partial charge is 0.497 e. The van der Waals surface area contributed by atoms with E-state index in [1.54, 1.807) is 7.11 Å². The SMILES string of the molecule is COc1ccc(OCC2(c3ccccc3)CC2C(=O)O)cc1. The van der Waals surface area contributed by atoms with E-state index < -0.39 is 11.4 Å². The molecule has 0 bridgehead atoms. The molecule has 22 heavy (non-hydrogen) atoms. The van der Waals surface area contributed by atoms with E-state index in [9.17, 15) is 9.90 Å². The summed E-state index contributed by atoms with van der Waals surface area (Å²) in [4.78, 5) is 11.4. The van der Waals surface area contributed by atoms with Crippen LogP contribution in [-0.4, -0.2) is 24.8 Å². The minimum atomic E-state index is -0.762. The van der Waals surface area contributed by atoms with Gasteiger partial charge in [0.25, 0.3) is 0 Å². The lowest BCUT2D eigenvalue weighted by Gasteiger charge is -2.18. The number of rotatable bonds is 6. The smallest absolute Gasteiger partial charge is 0.307 e. The van der Waals surface area contributed by atoms with Crippen molar-refractivity contribution in [2.45, 2.75) is 11.8 Å². The average Bonchev–Trinajstić information content (AvgIpc) is 3.31. The zero-order valence-electron chi connectivity index (χ0n) is 12.4. The number of carboxylic acids is 1. The maximum Gasteiger partial charge on any atom is 0.307 e. The van der Waals surface area contributed by atoms with Gasteiger partial charge in [-0.15, -0.1) is 0 Å². The van der Waals surface area contributed by atoms with Crippen LogP contribution in [0.15, 0.2) is 54.6 Å². The lowest BCUT2D eigenvalue weighted by molar-refractivity contribution is -0.139. The first-order valence-electron chi connectivity index (χ1n) is 7.21. The highest BCUT2D eigenvalue weighted by atomic mass is 16.5. The van der Waals surface area contributed by atoms with E-state index in [4.69, 9.17) is 9.47 Å². The molecule has 0 spiro atoms. The van der Waals surface area contributed by atoms with Gasteiger partial charge in [-0.05, 0) is 36.2 Å². The second-order valence-corrected chi connectivity index (χ2v) is 5.58. The van der Waals surface area contributed by atoms with E-state index >= 15 is 0 Å². The third-order valence-electron chi connectivity index (χ3n) is 4.28. The van der Waals surface area contributed by atoms with Gasteiger partial charge in [-0.1, -0.05) is 30.3 Å². The Bertz CT molecular complexity index is 651. The fraction of sp³-hybridized carbons (Fsp3) is 0.278. The Kier molecular flexibility index (Phi) is 3.75. The minimum absolute atomic E-state index is 0.361. The van der Waals surface area contributed by atoms with Crippen molar-refractivity contribution in [3.05, 3.63) is 60.2 Å². The standard InChI is InChI=1S/C18H18O4/c1-21-14-7-9-15(10-8-14)22-12-18(11-16(18)17(19)20)13-5-3-2-4-6-13/h2-10,16H,11-12H2,1H3,(H,19,20). The van der Waals surface area contributed by atoms with Crippen molar-refractivity contribution >= 4 is 5.97 Å². The molecule has 114 valence electrons. The van der Waals surface area contributed by atoms with Crippen LogP contribution in [0.25, 0.3) is 0 Å². The van der Waals surface area contributed by atoms with Crippen LogP contribution in [0.1, 0.15) is 12.0 Å². The zero-order valence-corrected chi connectivity index (χ0v) is 12.4. The normalized spacial score (nSPS) is 22.9. The summed E-state index contributed by atoms with van der Waals surface area (Å²) in [7, 11) is 1.61.